The van der Waals surface area contributed by atoms with Gasteiger partial charge in [-0.1, -0.05) is 80.6 Å². The number of halogens is 6. The zero-order chi connectivity index (χ0) is 40.5. The molecule has 2 aliphatic rings. The Labute approximate surface area is 323 Å². The molecule has 13 heteroatoms. The Morgan fingerprint density at radius 1 is 0.667 bits per heavy atom. The highest BCUT2D eigenvalue weighted by atomic mass is 19.4. The van der Waals surface area contributed by atoms with Gasteiger partial charge in [0.25, 0.3) is 0 Å². The highest BCUT2D eigenvalue weighted by Crippen LogP contribution is 2.61. The van der Waals surface area contributed by atoms with E-state index in [2.05, 4.69) is 53.1 Å². The van der Waals surface area contributed by atoms with E-state index in [1.807, 2.05) is 36.4 Å². The molecule has 8 rings (SSSR count). The summed E-state index contributed by atoms with van der Waals surface area (Å²) in [7, 11) is 4.69. The number of nitrogens with zero attached hydrogens (tertiary/aromatic N) is 3. The van der Waals surface area contributed by atoms with E-state index in [4.69, 9.17) is 18.9 Å². The molecule has 1 unspecified atom stereocenters. The van der Waals surface area contributed by atoms with Gasteiger partial charge in [0, 0.05) is 33.1 Å². The second kappa shape index (κ2) is 13.5. The van der Waals surface area contributed by atoms with Crippen LogP contribution in [-0.2, 0) is 23.4 Å². The topological polar surface area (TPSA) is 75.6 Å². The third kappa shape index (κ3) is 5.85. The van der Waals surface area contributed by atoms with Gasteiger partial charge < -0.3 is 18.9 Å². The van der Waals surface area contributed by atoms with Crippen molar-refractivity contribution in [2.24, 2.45) is 0 Å². The lowest BCUT2D eigenvalue weighted by Gasteiger charge is -2.39. The number of rotatable bonds is 8. The first-order valence-electron chi connectivity index (χ1n) is 18.1. The third-order valence-corrected chi connectivity index (χ3v) is 11.2. The van der Waals surface area contributed by atoms with E-state index < -0.39 is 35.4 Å². The molecule has 0 spiro atoms. The van der Waals surface area contributed by atoms with E-state index in [0.29, 0.717) is 34.1 Å². The highest BCUT2D eigenvalue weighted by Gasteiger charge is 2.47. The maximum Gasteiger partial charge on any atom is 0.451 e. The number of benzene rings is 5. The molecule has 1 atom stereocenters. The van der Waals surface area contributed by atoms with E-state index in [9.17, 15) is 26.3 Å². The number of hydrogen-bond donors (Lipinski definition) is 0. The van der Waals surface area contributed by atoms with E-state index in [1.54, 1.807) is 45.6 Å². The minimum absolute atomic E-state index is 0.0873. The van der Waals surface area contributed by atoms with Crippen LogP contribution in [0.4, 0.5) is 26.3 Å². The lowest BCUT2D eigenvalue weighted by atomic mass is 9.71. The van der Waals surface area contributed by atoms with Crippen molar-refractivity contribution in [3.8, 4) is 45.5 Å². The zero-order valence-electron chi connectivity index (χ0n) is 31.4. The molecule has 292 valence electrons. The van der Waals surface area contributed by atoms with Crippen LogP contribution in [0.5, 0.6) is 23.0 Å². The molecule has 5 aromatic carbocycles. The van der Waals surface area contributed by atoms with Gasteiger partial charge in [-0.2, -0.15) is 26.3 Å². The normalized spacial score (nSPS) is 16.8. The van der Waals surface area contributed by atoms with Crippen LogP contribution in [0.3, 0.4) is 0 Å². The molecule has 0 saturated heterocycles. The lowest BCUT2D eigenvalue weighted by Crippen LogP contribution is -2.35. The van der Waals surface area contributed by atoms with Crippen LogP contribution >= 0.6 is 0 Å². The minimum atomic E-state index is -5.24. The van der Waals surface area contributed by atoms with Crippen molar-refractivity contribution in [2.45, 2.75) is 50.1 Å². The summed E-state index contributed by atoms with van der Waals surface area (Å²) in [5, 5.41) is 1.64. The van der Waals surface area contributed by atoms with Crippen molar-refractivity contribution >= 4 is 16.8 Å². The zero-order valence-corrected chi connectivity index (χ0v) is 31.4. The monoisotopic (exact) mass is 783 g/mol. The molecule has 0 N–H and O–H groups in total. The van der Waals surface area contributed by atoms with Crippen LogP contribution in [-0.4, -0.2) is 36.3 Å². The molecule has 1 aliphatic carbocycles. The van der Waals surface area contributed by atoms with Crippen LogP contribution in [0, 0.1) is 0 Å². The summed E-state index contributed by atoms with van der Waals surface area (Å²) in [4.78, 5) is 9.40. The van der Waals surface area contributed by atoms with Crippen molar-refractivity contribution < 1.29 is 45.3 Å². The standard InChI is InChI=1S/C44H35F6N3O4/c1-6-41(7-2)32-11-9-8-10-28(32)35-30-22-33(55-4)34(56-5)23-31(30)37-29(36(35)41)20-21-42(57-37,26-16-18-27(54-3)19-17-26)25-14-12-24(13-15-25)38-51-39(43(45,46)47)53-40(52-38)44(48,49)50/h8-23H,6-7H2,1-5H3. The summed E-state index contributed by atoms with van der Waals surface area (Å²) in [6.45, 7) is 4.36. The Hall–Kier alpha value is -6.11. The number of fused-ring (bicyclic) bond motifs is 8. The van der Waals surface area contributed by atoms with Gasteiger partial charge in [0.15, 0.2) is 22.9 Å². The molecule has 57 heavy (non-hydrogen) atoms. The van der Waals surface area contributed by atoms with Crippen LogP contribution in [0.1, 0.15) is 66.2 Å². The van der Waals surface area contributed by atoms with Crippen molar-refractivity contribution in [1.82, 2.24) is 15.0 Å². The molecule has 2 heterocycles. The summed E-state index contributed by atoms with van der Waals surface area (Å²) in [6, 6.07) is 25.4. The van der Waals surface area contributed by atoms with E-state index in [1.165, 1.54) is 17.7 Å². The number of aromatic nitrogens is 3. The summed E-state index contributed by atoms with van der Waals surface area (Å²) in [5.41, 5.74) is 4.81. The number of ether oxygens (including phenoxy) is 4. The Balaban J connectivity index is 1.38. The first-order chi connectivity index (χ1) is 27.2. The van der Waals surface area contributed by atoms with Crippen LogP contribution in [0.25, 0.3) is 39.4 Å². The van der Waals surface area contributed by atoms with Crippen molar-refractivity contribution in [1.29, 1.82) is 0 Å². The van der Waals surface area contributed by atoms with Gasteiger partial charge >= 0.3 is 12.4 Å². The summed E-state index contributed by atoms with van der Waals surface area (Å²) in [6.07, 6.45) is -4.88. The minimum Gasteiger partial charge on any atom is -0.497 e. The Bertz CT molecular complexity index is 2530. The molecule has 1 aliphatic heterocycles. The van der Waals surface area contributed by atoms with Gasteiger partial charge in [-0.25, -0.2) is 15.0 Å². The fourth-order valence-corrected chi connectivity index (χ4v) is 8.42. The Morgan fingerprint density at radius 2 is 1.23 bits per heavy atom. The van der Waals surface area contributed by atoms with Crippen molar-refractivity contribution in [3.05, 3.63) is 130 Å². The predicted molar refractivity (Wildman–Crippen MR) is 203 cm³/mol. The van der Waals surface area contributed by atoms with Gasteiger partial charge in [-0.05, 0) is 70.8 Å². The third-order valence-electron chi connectivity index (χ3n) is 11.2. The predicted octanol–water partition coefficient (Wildman–Crippen LogP) is 11.2. The number of alkyl halides is 6. The maximum atomic E-state index is 13.7. The number of hydrogen-bond acceptors (Lipinski definition) is 7. The average Bonchev–Trinajstić information content (AvgIpc) is 3.53. The highest BCUT2D eigenvalue weighted by molar-refractivity contribution is 6.09. The molecule has 0 fully saturated rings. The fraction of sp³-hybridized carbons (Fsp3) is 0.250. The summed E-state index contributed by atoms with van der Waals surface area (Å²) >= 11 is 0. The van der Waals surface area contributed by atoms with Gasteiger partial charge in [-0.3, -0.25) is 0 Å². The van der Waals surface area contributed by atoms with Gasteiger partial charge in [0.2, 0.25) is 11.6 Å². The first-order valence-corrected chi connectivity index (χ1v) is 18.1. The molecule has 0 radical (unpaired) electrons. The molecule has 0 saturated carbocycles. The first kappa shape index (κ1) is 37.8. The summed E-state index contributed by atoms with van der Waals surface area (Å²) in [5.74, 6) is -2.49. The molecular formula is C44H35F6N3O4. The van der Waals surface area contributed by atoms with Crippen LogP contribution in [0.2, 0.25) is 0 Å². The van der Waals surface area contributed by atoms with E-state index >= 15 is 0 Å². The second-order valence-corrected chi connectivity index (χ2v) is 13.9. The van der Waals surface area contributed by atoms with E-state index in [-0.39, 0.29) is 11.0 Å². The van der Waals surface area contributed by atoms with Crippen molar-refractivity contribution in [2.75, 3.05) is 21.3 Å². The van der Waals surface area contributed by atoms with Gasteiger partial charge in [0.1, 0.15) is 11.5 Å². The number of methoxy groups -OCH3 is 3. The fourth-order valence-electron chi connectivity index (χ4n) is 8.42. The van der Waals surface area contributed by atoms with Gasteiger partial charge in [-0.15, -0.1) is 0 Å². The molecule has 0 bridgehead atoms. The molecular weight excluding hydrogens is 748 g/mol. The second-order valence-electron chi connectivity index (χ2n) is 13.9. The molecule has 6 aromatic rings. The lowest BCUT2D eigenvalue weighted by molar-refractivity contribution is -0.155. The maximum absolute atomic E-state index is 13.7. The van der Waals surface area contributed by atoms with Crippen LogP contribution < -0.4 is 18.9 Å². The Kier molecular flexibility index (Phi) is 8.97. The smallest absolute Gasteiger partial charge is 0.451 e. The van der Waals surface area contributed by atoms with Crippen LogP contribution in [0.15, 0.2) is 91.0 Å². The van der Waals surface area contributed by atoms with Gasteiger partial charge in [0.05, 0.1) is 21.3 Å². The van der Waals surface area contributed by atoms with Crippen molar-refractivity contribution in [3.63, 3.8) is 0 Å². The summed E-state index contributed by atoms with van der Waals surface area (Å²) < 4.78 is 106. The average molecular weight is 784 g/mol. The Morgan fingerprint density at radius 3 is 1.77 bits per heavy atom. The molecule has 0 amide bonds. The molecule has 1 aromatic heterocycles. The molecule has 7 nitrogen and oxygen atoms in total. The van der Waals surface area contributed by atoms with E-state index in [0.717, 1.165) is 45.9 Å². The quantitative estimate of drug-likeness (QED) is 0.142. The SMILES string of the molecule is CCC1(CC)c2ccccc2-c2c1c1c(c3cc(OC)c(OC)cc23)OC(c2ccc(OC)cc2)(c2ccc(-c3nc(C(F)(F)F)nc(C(F)(F)F)n3)cc2)C=C1. The largest absolute Gasteiger partial charge is 0.497 e.